The molecule has 0 saturated heterocycles. The first-order valence-corrected chi connectivity index (χ1v) is 4.44. The lowest BCUT2D eigenvalue weighted by Gasteiger charge is -2.00. The van der Waals surface area contributed by atoms with E-state index in [9.17, 15) is 0 Å². The van der Waals surface area contributed by atoms with Gasteiger partial charge in [-0.3, -0.25) is 0 Å². The van der Waals surface area contributed by atoms with Crippen LogP contribution < -0.4 is 0 Å². The Balaban J connectivity index is 2.71. The molecule has 1 unspecified atom stereocenters. The summed E-state index contributed by atoms with van der Waals surface area (Å²) in [5, 5.41) is 0. The quantitative estimate of drug-likeness (QED) is 0.553. The molecule has 1 aliphatic heterocycles. The summed E-state index contributed by atoms with van der Waals surface area (Å²) in [6.07, 6.45) is 1.40. The van der Waals surface area contributed by atoms with E-state index in [1.807, 2.05) is 0 Å². The molecule has 1 aliphatic rings. The van der Waals surface area contributed by atoms with Crippen LogP contribution in [0.1, 0.15) is 34.1 Å². The van der Waals surface area contributed by atoms with Crippen LogP contribution in [0, 0.1) is 0 Å². The molecule has 0 amide bonds. The average molecular weight is 156 g/mol. The minimum atomic E-state index is 0.382. The maximum atomic E-state index is 5.63. The molecule has 0 aromatic carbocycles. The Labute approximate surface area is 68.9 Å². The molecule has 0 saturated carbocycles. The highest BCUT2D eigenvalue weighted by molar-refractivity contribution is 5.71. The van der Waals surface area contributed by atoms with Gasteiger partial charge in [0.15, 0.2) is 18.7 Å². The molecule has 0 fully saturated rings. The molecule has 2 nitrogen and oxygen atoms in total. The fourth-order valence-corrected chi connectivity index (χ4v) is 1.50. The third-order valence-corrected chi connectivity index (χ3v) is 2.04. The molecule has 11 heavy (non-hydrogen) atoms. The van der Waals surface area contributed by atoms with Crippen LogP contribution in [-0.2, 0) is 4.74 Å². The van der Waals surface area contributed by atoms with Gasteiger partial charge in [0, 0.05) is 0 Å². The number of hydrogen-bond acceptors (Lipinski definition) is 1. The van der Waals surface area contributed by atoms with Crippen molar-refractivity contribution >= 4 is 5.90 Å². The van der Waals surface area contributed by atoms with E-state index >= 15 is 0 Å². The smallest absolute Gasteiger partial charge is 0.336 e. The highest BCUT2D eigenvalue weighted by Crippen LogP contribution is 2.08. The third kappa shape index (κ3) is 1.73. The van der Waals surface area contributed by atoms with Gasteiger partial charge in [-0.2, -0.15) is 4.58 Å². The maximum absolute atomic E-state index is 5.63. The Bertz CT molecular complexity index is 172. The zero-order valence-electron chi connectivity index (χ0n) is 7.92. The van der Waals surface area contributed by atoms with E-state index in [0.29, 0.717) is 12.1 Å². The minimum Gasteiger partial charge on any atom is -0.438 e. The van der Waals surface area contributed by atoms with Gasteiger partial charge in [-0.1, -0.05) is 6.92 Å². The van der Waals surface area contributed by atoms with Crippen molar-refractivity contribution < 1.29 is 9.31 Å². The van der Waals surface area contributed by atoms with Crippen LogP contribution in [0.25, 0.3) is 0 Å². The normalized spacial score (nSPS) is 24.6. The van der Waals surface area contributed by atoms with Gasteiger partial charge in [-0.05, 0) is 20.8 Å². The molecule has 1 rings (SSSR count). The number of nitrogens with zero attached hydrogens (tertiary/aromatic N) is 1. The predicted octanol–water partition coefficient (Wildman–Crippen LogP) is 1.63. The molecule has 64 valence electrons. The Morgan fingerprint density at radius 2 is 2.27 bits per heavy atom. The third-order valence-electron chi connectivity index (χ3n) is 2.04. The van der Waals surface area contributed by atoms with E-state index in [1.165, 1.54) is 0 Å². The van der Waals surface area contributed by atoms with Gasteiger partial charge in [-0.15, -0.1) is 0 Å². The average Bonchev–Trinajstić information content (AvgIpc) is 2.30. The predicted molar refractivity (Wildman–Crippen MR) is 46.1 cm³/mol. The Hall–Kier alpha value is -0.530. The van der Waals surface area contributed by atoms with Crippen LogP contribution in [-0.4, -0.2) is 29.2 Å². The zero-order chi connectivity index (χ0) is 8.43. The Kier molecular flexibility index (Phi) is 2.53. The first-order valence-electron chi connectivity index (χ1n) is 4.44. The summed E-state index contributed by atoms with van der Waals surface area (Å²) in [6, 6.07) is 0.579. The Morgan fingerprint density at radius 1 is 1.64 bits per heavy atom. The Morgan fingerprint density at radius 3 is 2.64 bits per heavy atom. The highest BCUT2D eigenvalue weighted by Gasteiger charge is 2.29. The fourth-order valence-electron chi connectivity index (χ4n) is 1.50. The standard InChI is InChI=1S/C9H18NO/c1-5-9-10(7(2)3)6-8(4)11-9/h7-8H,5-6H2,1-4H3/q+1. The lowest BCUT2D eigenvalue weighted by molar-refractivity contribution is -0.553. The summed E-state index contributed by atoms with van der Waals surface area (Å²) >= 11 is 0. The van der Waals surface area contributed by atoms with Crippen LogP contribution in [0.4, 0.5) is 0 Å². The van der Waals surface area contributed by atoms with Crippen molar-refractivity contribution in [2.45, 2.75) is 46.3 Å². The lowest BCUT2D eigenvalue weighted by Crippen LogP contribution is -2.24. The van der Waals surface area contributed by atoms with Crippen LogP contribution in [0.5, 0.6) is 0 Å². The largest absolute Gasteiger partial charge is 0.438 e. The van der Waals surface area contributed by atoms with Gasteiger partial charge < -0.3 is 4.74 Å². The summed E-state index contributed by atoms with van der Waals surface area (Å²) in [7, 11) is 0. The highest BCUT2D eigenvalue weighted by atomic mass is 16.5. The second-order valence-corrected chi connectivity index (χ2v) is 3.42. The van der Waals surface area contributed by atoms with Gasteiger partial charge in [0.1, 0.15) is 0 Å². The molecule has 0 radical (unpaired) electrons. The van der Waals surface area contributed by atoms with Crippen LogP contribution in [0.15, 0.2) is 0 Å². The van der Waals surface area contributed by atoms with Gasteiger partial charge in [0.25, 0.3) is 0 Å². The molecule has 0 N–H and O–H groups in total. The molecule has 0 spiro atoms. The first-order chi connectivity index (χ1) is 5.15. The molecule has 2 heteroatoms. The van der Waals surface area contributed by atoms with E-state index in [-0.39, 0.29) is 0 Å². The SMILES string of the molecule is CCC1=[N+](C(C)C)CC(C)O1. The molecular weight excluding hydrogens is 138 g/mol. The van der Waals surface area contributed by atoms with Crippen molar-refractivity contribution in [3.8, 4) is 0 Å². The van der Waals surface area contributed by atoms with Gasteiger partial charge >= 0.3 is 5.90 Å². The van der Waals surface area contributed by atoms with E-state index in [2.05, 4.69) is 32.3 Å². The zero-order valence-corrected chi connectivity index (χ0v) is 7.92. The molecule has 1 atom stereocenters. The second kappa shape index (κ2) is 3.24. The summed E-state index contributed by atoms with van der Waals surface area (Å²) in [4.78, 5) is 0. The summed E-state index contributed by atoms with van der Waals surface area (Å²) in [5.41, 5.74) is 0. The van der Waals surface area contributed by atoms with Crippen LogP contribution >= 0.6 is 0 Å². The van der Waals surface area contributed by atoms with Crippen molar-refractivity contribution in [2.24, 2.45) is 0 Å². The van der Waals surface area contributed by atoms with E-state index in [1.54, 1.807) is 0 Å². The van der Waals surface area contributed by atoms with Gasteiger partial charge in [0.2, 0.25) is 0 Å². The summed E-state index contributed by atoms with van der Waals surface area (Å²) in [5.74, 6) is 1.16. The second-order valence-electron chi connectivity index (χ2n) is 3.42. The van der Waals surface area contributed by atoms with E-state index in [0.717, 1.165) is 18.9 Å². The lowest BCUT2D eigenvalue weighted by atomic mass is 10.3. The molecule has 0 bridgehead atoms. The molecule has 0 aromatic rings. The van der Waals surface area contributed by atoms with E-state index < -0.39 is 0 Å². The van der Waals surface area contributed by atoms with Gasteiger partial charge in [-0.25, -0.2) is 0 Å². The summed E-state index contributed by atoms with van der Waals surface area (Å²) in [6.45, 7) is 9.73. The van der Waals surface area contributed by atoms with Crippen molar-refractivity contribution in [3.63, 3.8) is 0 Å². The molecule has 0 aromatic heterocycles. The van der Waals surface area contributed by atoms with Crippen molar-refractivity contribution in [1.82, 2.24) is 0 Å². The number of ether oxygens (including phenoxy) is 1. The van der Waals surface area contributed by atoms with Crippen molar-refractivity contribution in [1.29, 1.82) is 0 Å². The summed E-state index contributed by atoms with van der Waals surface area (Å²) < 4.78 is 7.96. The fraction of sp³-hybridized carbons (Fsp3) is 0.889. The molecule has 1 heterocycles. The molecular formula is C9H18NO+. The van der Waals surface area contributed by atoms with Gasteiger partial charge in [0.05, 0.1) is 6.42 Å². The van der Waals surface area contributed by atoms with E-state index in [4.69, 9.17) is 4.74 Å². The van der Waals surface area contributed by atoms with Crippen molar-refractivity contribution in [2.75, 3.05) is 6.54 Å². The maximum Gasteiger partial charge on any atom is 0.336 e. The first kappa shape index (κ1) is 8.57. The minimum absolute atomic E-state index is 0.382. The molecule has 0 aliphatic carbocycles. The number of rotatable bonds is 2. The number of hydrogen-bond donors (Lipinski definition) is 0. The monoisotopic (exact) mass is 156 g/mol. The topological polar surface area (TPSA) is 12.2 Å². The van der Waals surface area contributed by atoms with Crippen LogP contribution in [0.3, 0.4) is 0 Å². The van der Waals surface area contributed by atoms with Crippen molar-refractivity contribution in [3.05, 3.63) is 0 Å². The van der Waals surface area contributed by atoms with Crippen LogP contribution in [0.2, 0.25) is 0 Å².